The zero-order valence-corrected chi connectivity index (χ0v) is 11.6. The molecule has 3 rings (SSSR count). The third kappa shape index (κ3) is 3.17. The van der Waals surface area contributed by atoms with Crippen molar-refractivity contribution in [2.75, 3.05) is 13.1 Å². The highest BCUT2D eigenvalue weighted by Crippen LogP contribution is 2.30. The molecule has 0 amide bonds. The molecule has 2 aromatic rings. The van der Waals surface area contributed by atoms with Crippen LogP contribution in [0, 0.1) is 12.8 Å². The molecule has 0 aromatic carbocycles. The van der Waals surface area contributed by atoms with Gasteiger partial charge in [0.2, 0.25) is 0 Å². The summed E-state index contributed by atoms with van der Waals surface area (Å²) >= 11 is 0. The zero-order chi connectivity index (χ0) is 14.1. The summed E-state index contributed by atoms with van der Waals surface area (Å²) in [5.41, 5.74) is 3.02. The van der Waals surface area contributed by atoms with Crippen LogP contribution >= 0.6 is 0 Å². The standard InChI is InChI=1S/C15H19N3O2/c1-11-2-5-14-16-13(9-18(14)6-11)8-17(10-15(19)20)7-12-3-4-12/h2,5-6,9,12H,3-4,7-8,10H2,1H3,(H,19,20). The van der Waals surface area contributed by atoms with Gasteiger partial charge in [-0.1, -0.05) is 6.07 Å². The fourth-order valence-electron chi connectivity index (χ4n) is 2.50. The number of aromatic nitrogens is 2. The van der Waals surface area contributed by atoms with E-state index in [0.717, 1.165) is 17.9 Å². The molecule has 0 aliphatic heterocycles. The maximum Gasteiger partial charge on any atom is 0.317 e. The summed E-state index contributed by atoms with van der Waals surface area (Å²) in [6.45, 7) is 3.59. The van der Waals surface area contributed by atoms with E-state index in [1.807, 2.05) is 40.8 Å². The van der Waals surface area contributed by atoms with Crippen LogP contribution in [-0.4, -0.2) is 38.4 Å². The monoisotopic (exact) mass is 273 g/mol. The number of hydrogen-bond acceptors (Lipinski definition) is 3. The van der Waals surface area contributed by atoms with Crippen molar-refractivity contribution in [3.8, 4) is 0 Å². The van der Waals surface area contributed by atoms with Crippen LogP contribution in [0.4, 0.5) is 0 Å². The van der Waals surface area contributed by atoms with Gasteiger partial charge in [0.05, 0.1) is 12.2 Å². The molecule has 0 radical (unpaired) electrons. The molecular formula is C15H19N3O2. The Kier molecular flexibility index (Phi) is 3.44. The quantitative estimate of drug-likeness (QED) is 0.874. The summed E-state index contributed by atoms with van der Waals surface area (Å²) in [5.74, 6) is -0.0983. The average Bonchev–Trinajstić information content (AvgIpc) is 3.07. The first-order valence-electron chi connectivity index (χ1n) is 6.98. The molecular weight excluding hydrogens is 254 g/mol. The lowest BCUT2D eigenvalue weighted by Crippen LogP contribution is -2.31. The molecule has 2 aromatic heterocycles. The average molecular weight is 273 g/mol. The molecule has 106 valence electrons. The normalized spacial score (nSPS) is 15.1. The molecule has 20 heavy (non-hydrogen) atoms. The van der Waals surface area contributed by atoms with E-state index in [1.54, 1.807) is 0 Å². The summed E-state index contributed by atoms with van der Waals surface area (Å²) in [5, 5.41) is 9.00. The SMILES string of the molecule is Cc1ccc2nc(CN(CC(=O)O)CC3CC3)cn2c1. The van der Waals surface area contributed by atoms with Crippen LogP contribution in [0.2, 0.25) is 0 Å². The Morgan fingerprint density at radius 2 is 2.25 bits per heavy atom. The lowest BCUT2D eigenvalue weighted by Gasteiger charge is -2.18. The molecule has 0 atom stereocenters. The maximum absolute atomic E-state index is 11.0. The Morgan fingerprint density at radius 1 is 1.45 bits per heavy atom. The Labute approximate surface area is 117 Å². The van der Waals surface area contributed by atoms with Crippen LogP contribution in [0.1, 0.15) is 24.1 Å². The second-order valence-electron chi connectivity index (χ2n) is 5.71. The van der Waals surface area contributed by atoms with Gasteiger partial charge < -0.3 is 9.51 Å². The van der Waals surface area contributed by atoms with Gasteiger partial charge in [-0.25, -0.2) is 4.98 Å². The van der Waals surface area contributed by atoms with Gasteiger partial charge in [0, 0.05) is 25.5 Å². The van der Waals surface area contributed by atoms with Crippen LogP contribution in [-0.2, 0) is 11.3 Å². The molecule has 1 N–H and O–H groups in total. The van der Waals surface area contributed by atoms with Crippen LogP contribution in [0.25, 0.3) is 5.65 Å². The van der Waals surface area contributed by atoms with E-state index in [-0.39, 0.29) is 6.54 Å². The number of carboxylic acid groups (broad SMARTS) is 1. The zero-order valence-electron chi connectivity index (χ0n) is 11.6. The second-order valence-corrected chi connectivity index (χ2v) is 5.71. The van der Waals surface area contributed by atoms with Gasteiger partial charge in [-0.15, -0.1) is 0 Å². The highest BCUT2D eigenvalue weighted by molar-refractivity contribution is 5.69. The van der Waals surface area contributed by atoms with Gasteiger partial charge in [0.1, 0.15) is 5.65 Å². The minimum atomic E-state index is -0.773. The van der Waals surface area contributed by atoms with E-state index in [9.17, 15) is 4.79 Å². The Balaban J connectivity index is 1.76. The molecule has 2 heterocycles. The van der Waals surface area contributed by atoms with Gasteiger partial charge in [0.15, 0.2) is 0 Å². The largest absolute Gasteiger partial charge is 0.480 e. The predicted octanol–water partition coefficient (Wildman–Crippen LogP) is 1.94. The van der Waals surface area contributed by atoms with Crippen molar-refractivity contribution < 1.29 is 9.90 Å². The minimum Gasteiger partial charge on any atom is -0.480 e. The van der Waals surface area contributed by atoms with E-state index < -0.39 is 5.97 Å². The molecule has 0 saturated heterocycles. The Bertz CT molecular complexity index is 631. The summed E-state index contributed by atoms with van der Waals surface area (Å²) in [7, 11) is 0. The van der Waals surface area contributed by atoms with Gasteiger partial charge in [-0.3, -0.25) is 9.69 Å². The number of carbonyl (C=O) groups is 1. The highest BCUT2D eigenvalue weighted by atomic mass is 16.4. The smallest absolute Gasteiger partial charge is 0.317 e. The summed E-state index contributed by atoms with van der Waals surface area (Å²) < 4.78 is 2.00. The Morgan fingerprint density at radius 3 is 2.95 bits per heavy atom. The molecule has 0 spiro atoms. The van der Waals surface area contributed by atoms with Crippen molar-refractivity contribution in [3.63, 3.8) is 0 Å². The number of nitrogens with zero attached hydrogens (tertiary/aromatic N) is 3. The van der Waals surface area contributed by atoms with Crippen molar-refractivity contribution >= 4 is 11.6 Å². The predicted molar refractivity (Wildman–Crippen MR) is 75.6 cm³/mol. The molecule has 0 unspecified atom stereocenters. The minimum absolute atomic E-state index is 0.0867. The van der Waals surface area contributed by atoms with Crippen LogP contribution in [0.3, 0.4) is 0 Å². The summed E-state index contributed by atoms with van der Waals surface area (Å²) in [4.78, 5) is 17.5. The van der Waals surface area contributed by atoms with E-state index in [4.69, 9.17) is 5.11 Å². The van der Waals surface area contributed by atoms with Crippen molar-refractivity contribution in [1.29, 1.82) is 0 Å². The van der Waals surface area contributed by atoms with Gasteiger partial charge in [-0.05, 0) is 37.3 Å². The fraction of sp³-hybridized carbons (Fsp3) is 0.467. The third-order valence-electron chi connectivity index (χ3n) is 3.61. The lowest BCUT2D eigenvalue weighted by molar-refractivity contribution is -0.138. The second kappa shape index (κ2) is 5.25. The first-order chi connectivity index (χ1) is 9.60. The van der Waals surface area contributed by atoms with Crippen LogP contribution < -0.4 is 0 Å². The first-order valence-corrected chi connectivity index (χ1v) is 6.98. The van der Waals surface area contributed by atoms with Crippen molar-refractivity contribution in [2.45, 2.75) is 26.3 Å². The topological polar surface area (TPSA) is 57.8 Å². The number of carboxylic acids is 1. The summed E-state index contributed by atoms with van der Waals surface area (Å²) in [6, 6.07) is 4.02. The van der Waals surface area contributed by atoms with Crippen molar-refractivity contribution in [2.24, 2.45) is 5.92 Å². The maximum atomic E-state index is 11.0. The van der Waals surface area contributed by atoms with Gasteiger partial charge in [0.25, 0.3) is 0 Å². The first kappa shape index (κ1) is 13.1. The van der Waals surface area contributed by atoms with Gasteiger partial charge >= 0.3 is 5.97 Å². The Hall–Kier alpha value is -1.88. The lowest BCUT2D eigenvalue weighted by atomic mass is 10.3. The number of hydrogen-bond donors (Lipinski definition) is 1. The van der Waals surface area contributed by atoms with Crippen molar-refractivity contribution in [3.05, 3.63) is 35.8 Å². The highest BCUT2D eigenvalue weighted by Gasteiger charge is 2.25. The van der Waals surface area contributed by atoms with Crippen molar-refractivity contribution in [1.82, 2.24) is 14.3 Å². The summed E-state index contributed by atoms with van der Waals surface area (Å²) in [6.07, 6.45) is 6.47. The van der Waals surface area contributed by atoms with Crippen LogP contribution in [0.15, 0.2) is 24.5 Å². The van der Waals surface area contributed by atoms with E-state index in [1.165, 1.54) is 18.4 Å². The number of rotatable bonds is 6. The third-order valence-corrected chi connectivity index (χ3v) is 3.61. The number of aliphatic carboxylic acids is 1. The van der Waals surface area contributed by atoms with E-state index >= 15 is 0 Å². The molecule has 0 bridgehead atoms. The number of pyridine rings is 1. The molecule has 5 heteroatoms. The van der Waals surface area contributed by atoms with E-state index in [2.05, 4.69) is 4.98 Å². The fourth-order valence-corrected chi connectivity index (χ4v) is 2.50. The molecule has 1 aliphatic carbocycles. The number of aryl methyl sites for hydroxylation is 1. The number of imidazole rings is 1. The van der Waals surface area contributed by atoms with Crippen LogP contribution in [0.5, 0.6) is 0 Å². The van der Waals surface area contributed by atoms with E-state index in [0.29, 0.717) is 12.5 Å². The van der Waals surface area contributed by atoms with Gasteiger partial charge in [-0.2, -0.15) is 0 Å². The molecule has 1 saturated carbocycles. The molecule has 1 fully saturated rings. The molecule has 1 aliphatic rings. The number of fused-ring (bicyclic) bond motifs is 1. The molecule has 5 nitrogen and oxygen atoms in total.